The Labute approximate surface area is 118 Å². The Kier molecular flexibility index (Phi) is 3.85. The molecule has 0 atom stereocenters. The molecule has 8 nitrogen and oxygen atoms in total. The van der Waals surface area contributed by atoms with Crippen LogP contribution in [0.15, 0.2) is 39.4 Å². The van der Waals surface area contributed by atoms with Gasteiger partial charge in [0.05, 0.1) is 11.8 Å². The third-order valence-electron chi connectivity index (χ3n) is 2.61. The van der Waals surface area contributed by atoms with Gasteiger partial charge in [0.1, 0.15) is 11.8 Å². The molecule has 8 heteroatoms. The van der Waals surface area contributed by atoms with Crippen LogP contribution < -0.4 is 10.9 Å². The second-order valence-electron chi connectivity index (χ2n) is 4.03. The van der Waals surface area contributed by atoms with Crippen LogP contribution in [0, 0.1) is 18.3 Å². The Hall–Kier alpha value is -3.34. The molecule has 0 radical (unpaired) electrons. The van der Waals surface area contributed by atoms with Crippen LogP contribution in [0.4, 0.5) is 5.69 Å². The standard InChI is InChI=1S/C13H10N4O4/c1-7-10(6-16-21-7)12(19)9(5-14)13(20)17-8-2-3-15-11(18)4-8/h2-4,6,19H,1H3,(H2,15,17,18,20)/b12-9-. The molecule has 0 unspecified atom stereocenters. The Bertz CT molecular complexity index is 810. The van der Waals surface area contributed by atoms with Gasteiger partial charge in [-0.3, -0.25) is 9.59 Å². The van der Waals surface area contributed by atoms with Crippen molar-refractivity contribution in [1.82, 2.24) is 10.1 Å². The number of hydrogen-bond donors (Lipinski definition) is 3. The number of aliphatic hydroxyl groups is 1. The Morgan fingerprint density at radius 3 is 2.90 bits per heavy atom. The van der Waals surface area contributed by atoms with Crippen LogP contribution in [0.3, 0.4) is 0 Å². The van der Waals surface area contributed by atoms with Gasteiger partial charge in [0.15, 0.2) is 11.3 Å². The summed E-state index contributed by atoms with van der Waals surface area (Å²) in [4.78, 5) is 25.5. The third kappa shape index (κ3) is 2.98. The monoisotopic (exact) mass is 286 g/mol. The molecule has 0 aliphatic heterocycles. The summed E-state index contributed by atoms with van der Waals surface area (Å²) in [6, 6.07) is 4.20. The lowest BCUT2D eigenvalue weighted by Crippen LogP contribution is -2.17. The first-order valence-electron chi connectivity index (χ1n) is 5.78. The zero-order valence-corrected chi connectivity index (χ0v) is 10.9. The van der Waals surface area contributed by atoms with Crippen molar-refractivity contribution in [2.45, 2.75) is 6.92 Å². The van der Waals surface area contributed by atoms with E-state index in [0.29, 0.717) is 0 Å². The second-order valence-corrected chi connectivity index (χ2v) is 4.03. The molecule has 3 N–H and O–H groups in total. The van der Waals surface area contributed by atoms with Gasteiger partial charge in [-0.25, -0.2) is 0 Å². The van der Waals surface area contributed by atoms with E-state index in [4.69, 9.17) is 9.78 Å². The van der Waals surface area contributed by atoms with Crippen LogP contribution in [0.5, 0.6) is 0 Å². The molecule has 0 saturated carbocycles. The lowest BCUT2D eigenvalue weighted by Gasteiger charge is -2.05. The minimum absolute atomic E-state index is 0.146. The maximum atomic E-state index is 12.0. The van der Waals surface area contributed by atoms with Gasteiger partial charge in [0.25, 0.3) is 5.91 Å². The quantitative estimate of drug-likeness (QED) is 0.439. The highest BCUT2D eigenvalue weighted by molar-refractivity contribution is 6.10. The van der Waals surface area contributed by atoms with E-state index in [-0.39, 0.29) is 17.0 Å². The topological polar surface area (TPSA) is 132 Å². The smallest absolute Gasteiger partial charge is 0.270 e. The van der Waals surface area contributed by atoms with Crippen LogP contribution in [0.1, 0.15) is 11.3 Å². The predicted molar refractivity (Wildman–Crippen MR) is 72.1 cm³/mol. The number of carbonyl (C=O) groups is 1. The van der Waals surface area contributed by atoms with Gasteiger partial charge in [-0.05, 0) is 13.0 Å². The molecule has 21 heavy (non-hydrogen) atoms. The van der Waals surface area contributed by atoms with Crippen molar-refractivity contribution < 1.29 is 14.4 Å². The van der Waals surface area contributed by atoms with E-state index in [0.717, 1.165) is 6.07 Å². The zero-order valence-electron chi connectivity index (χ0n) is 10.9. The molecule has 0 saturated heterocycles. The summed E-state index contributed by atoms with van der Waals surface area (Å²) in [7, 11) is 0. The number of rotatable bonds is 3. The van der Waals surface area contributed by atoms with Crippen molar-refractivity contribution in [3.63, 3.8) is 0 Å². The van der Waals surface area contributed by atoms with E-state index < -0.39 is 22.8 Å². The number of aryl methyl sites for hydroxylation is 1. The van der Waals surface area contributed by atoms with Crippen LogP contribution in [-0.2, 0) is 4.79 Å². The highest BCUT2D eigenvalue weighted by Crippen LogP contribution is 2.20. The fourth-order valence-corrected chi connectivity index (χ4v) is 1.59. The summed E-state index contributed by atoms with van der Waals surface area (Å²) in [5, 5.41) is 24.8. The molecule has 0 aromatic carbocycles. The number of aromatic nitrogens is 2. The summed E-state index contributed by atoms with van der Waals surface area (Å²) in [6.45, 7) is 1.53. The molecular formula is C13H10N4O4. The maximum Gasteiger partial charge on any atom is 0.270 e. The summed E-state index contributed by atoms with van der Waals surface area (Å²) >= 11 is 0. The van der Waals surface area contributed by atoms with Gasteiger partial charge in [-0.15, -0.1) is 0 Å². The summed E-state index contributed by atoms with van der Waals surface area (Å²) in [6.07, 6.45) is 2.54. The van der Waals surface area contributed by atoms with E-state index >= 15 is 0 Å². The molecule has 0 fully saturated rings. The Balaban J connectivity index is 2.34. The fraction of sp³-hybridized carbons (Fsp3) is 0.0769. The summed E-state index contributed by atoms with van der Waals surface area (Å²) in [5.74, 6) is -1.12. The van der Waals surface area contributed by atoms with Crippen molar-refractivity contribution in [2.75, 3.05) is 5.32 Å². The van der Waals surface area contributed by atoms with Crippen LogP contribution in [-0.4, -0.2) is 21.2 Å². The fourth-order valence-electron chi connectivity index (χ4n) is 1.59. The van der Waals surface area contributed by atoms with Crippen molar-refractivity contribution >= 4 is 17.4 Å². The summed E-state index contributed by atoms with van der Waals surface area (Å²) in [5.41, 5.74) is -0.574. The van der Waals surface area contributed by atoms with E-state index in [2.05, 4.69) is 15.5 Å². The molecule has 2 aromatic rings. The minimum Gasteiger partial charge on any atom is -0.506 e. The largest absolute Gasteiger partial charge is 0.506 e. The number of carbonyl (C=O) groups excluding carboxylic acids is 1. The van der Waals surface area contributed by atoms with Gasteiger partial charge in [0.2, 0.25) is 5.56 Å². The van der Waals surface area contributed by atoms with Crippen molar-refractivity contribution in [1.29, 1.82) is 5.26 Å². The van der Waals surface area contributed by atoms with Gasteiger partial charge >= 0.3 is 0 Å². The number of amides is 1. The van der Waals surface area contributed by atoms with Gasteiger partial charge < -0.3 is 19.9 Å². The van der Waals surface area contributed by atoms with Crippen molar-refractivity contribution in [3.05, 3.63) is 51.8 Å². The van der Waals surface area contributed by atoms with Crippen LogP contribution in [0.25, 0.3) is 5.76 Å². The Morgan fingerprint density at radius 2 is 2.33 bits per heavy atom. The molecule has 0 spiro atoms. The number of anilines is 1. The predicted octanol–water partition coefficient (Wildman–Crippen LogP) is 1.10. The molecule has 0 bridgehead atoms. The number of H-pyrrole nitrogens is 1. The maximum absolute atomic E-state index is 12.0. The average Bonchev–Trinajstić information content (AvgIpc) is 2.85. The molecule has 2 heterocycles. The lowest BCUT2D eigenvalue weighted by molar-refractivity contribution is -0.112. The molecular weight excluding hydrogens is 276 g/mol. The number of nitriles is 1. The first kappa shape index (κ1) is 14.1. The van der Waals surface area contributed by atoms with Crippen molar-refractivity contribution in [2.24, 2.45) is 0 Å². The number of nitrogens with one attached hydrogen (secondary N) is 2. The SMILES string of the molecule is Cc1oncc1/C(O)=C(\C#N)C(=O)Nc1cc[nH]c(=O)c1. The molecule has 0 aliphatic carbocycles. The third-order valence-corrected chi connectivity index (χ3v) is 2.61. The molecule has 2 rings (SSSR count). The van der Waals surface area contributed by atoms with E-state index in [1.165, 1.54) is 25.4 Å². The number of hydrogen-bond acceptors (Lipinski definition) is 6. The number of aliphatic hydroxyl groups excluding tert-OH is 1. The van der Waals surface area contributed by atoms with Crippen molar-refractivity contribution in [3.8, 4) is 6.07 Å². The number of aromatic amines is 1. The minimum atomic E-state index is -0.846. The zero-order chi connectivity index (χ0) is 15.4. The first-order chi connectivity index (χ1) is 10.0. The lowest BCUT2D eigenvalue weighted by atomic mass is 10.1. The second kappa shape index (κ2) is 5.75. The highest BCUT2D eigenvalue weighted by atomic mass is 16.5. The van der Waals surface area contributed by atoms with Gasteiger partial charge in [-0.1, -0.05) is 5.16 Å². The Morgan fingerprint density at radius 1 is 1.57 bits per heavy atom. The molecule has 2 aromatic heterocycles. The number of pyridine rings is 1. The normalized spacial score (nSPS) is 11.4. The van der Waals surface area contributed by atoms with Gasteiger partial charge in [0, 0.05) is 18.0 Å². The van der Waals surface area contributed by atoms with E-state index in [9.17, 15) is 14.7 Å². The van der Waals surface area contributed by atoms with E-state index in [1.807, 2.05) is 0 Å². The summed E-state index contributed by atoms with van der Waals surface area (Å²) < 4.78 is 4.76. The van der Waals surface area contributed by atoms with Gasteiger partial charge in [-0.2, -0.15) is 5.26 Å². The molecule has 106 valence electrons. The highest BCUT2D eigenvalue weighted by Gasteiger charge is 2.19. The number of nitrogens with zero attached hydrogens (tertiary/aromatic N) is 2. The molecule has 0 aliphatic rings. The van der Waals surface area contributed by atoms with Crippen LogP contribution >= 0.6 is 0 Å². The van der Waals surface area contributed by atoms with E-state index in [1.54, 1.807) is 6.07 Å². The molecule has 1 amide bonds. The first-order valence-corrected chi connectivity index (χ1v) is 5.78. The average molecular weight is 286 g/mol. The van der Waals surface area contributed by atoms with Crippen LogP contribution in [0.2, 0.25) is 0 Å².